The van der Waals surface area contributed by atoms with E-state index < -0.39 is 0 Å². The highest BCUT2D eigenvalue weighted by Crippen LogP contribution is 2.23. The first-order valence-corrected chi connectivity index (χ1v) is 6.04. The summed E-state index contributed by atoms with van der Waals surface area (Å²) in [6.45, 7) is 10.3. The van der Waals surface area contributed by atoms with Gasteiger partial charge in [-0.05, 0) is 38.5 Å². The molecule has 0 aliphatic heterocycles. The van der Waals surface area contributed by atoms with Crippen LogP contribution in [0.2, 0.25) is 0 Å². The van der Waals surface area contributed by atoms with Gasteiger partial charge in [0.25, 0.3) is 0 Å². The van der Waals surface area contributed by atoms with E-state index in [4.69, 9.17) is 0 Å². The van der Waals surface area contributed by atoms with Gasteiger partial charge in [0, 0.05) is 5.25 Å². The third-order valence-electron chi connectivity index (χ3n) is 1.80. The summed E-state index contributed by atoms with van der Waals surface area (Å²) >= 11 is 1.98. The number of allylic oxidation sites excluding steroid dienone is 2. The fraction of sp³-hybridized carbons (Fsp3) is 0.667. The van der Waals surface area contributed by atoms with Crippen LogP contribution >= 0.6 is 11.8 Å². The fourth-order valence-corrected chi connectivity index (χ4v) is 2.25. The van der Waals surface area contributed by atoms with E-state index in [9.17, 15) is 0 Å². The largest absolute Gasteiger partial charge is 0.131 e. The quantitative estimate of drug-likeness (QED) is 0.531. The van der Waals surface area contributed by atoms with Crippen LogP contribution in [-0.2, 0) is 0 Å². The maximum atomic E-state index is 3.76. The van der Waals surface area contributed by atoms with Crippen LogP contribution in [0.1, 0.15) is 46.5 Å². The normalized spacial score (nSPS) is 12.2. The summed E-state index contributed by atoms with van der Waals surface area (Å²) in [4.78, 5) is 0. The lowest BCUT2D eigenvalue weighted by molar-refractivity contribution is 0.694. The van der Waals surface area contributed by atoms with Crippen LogP contribution < -0.4 is 0 Å². The van der Waals surface area contributed by atoms with Crippen molar-refractivity contribution in [3.8, 4) is 0 Å². The predicted molar refractivity (Wildman–Crippen MR) is 65.1 cm³/mol. The minimum absolute atomic E-state index is 0.790. The van der Waals surface area contributed by atoms with Gasteiger partial charge in [-0.2, -0.15) is 0 Å². The molecule has 0 saturated heterocycles. The van der Waals surface area contributed by atoms with E-state index in [1.165, 1.54) is 24.8 Å². The van der Waals surface area contributed by atoms with Crippen molar-refractivity contribution in [3.63, 3.8) is 0 Å². The van der Waals surface area contributed by atoms with E-state index in [1.807, 2.05) is 17.8 Å². The molecule has 76 valence electrons. The van der Waals surface area contributed by atoms with Gasteiger partial charge < -0.3 is 0 Å². The molecular formula is C12H22S. The zero-order valence-corrected chi connectivity index (χ0v) is 9.99. The molecule has 13 heavy (non-hydrogen) atoms. The first-order chi connectivity index (χ1) is 6.20. The van der Waals surface area contributed by atoms with E-state index in [-0.39, 0.29) is 0 Å². The number of rotatable bonds is 7. The zero-order chi connectivity index (χ0) is 10.1. The molecule has 0 aromatic rings. The van der Waals surface area contributed by atoms with Crippen molar-refractivity contribution in [3.05, 3.63) is 23.6 Å². The molecule has 0 aliphatic carbocycles. The lowest BCUT2D eigenvalue weighted by Gasteiger charge is -2.12. The predicted octanol–water partition coefficient (Wildman–Crippen LogP) is 4.78. The topological polar surface area (TPSA) is 0 Å². The average molecular weight is 198 g/mol. The van der Waals surface area contributed by atoms with Gasteiger partial charge in [-0.15, -0.1) is 18.3 Å². The molecule has 0 fully saturated rings. The number of hydrogen-bond donors (Lipinski definition) is 0. The Morgan fingerprint density at radius 3 is 2.54 bits per heavy atom. The molecule has 0 spiro atoms. The van der Waals surface area contributed by atoms with Crippen LogP contribution in [0.15, 0.2) is 23.6 Å². The van der Waals surface area contributed by atoms with Crippen molar-refractivity contribution < 1.29 is 0 Å². The second-order valence-corrected chi connectivity index (χ2v) is 4.78. The van der Waals surface area contributed by atoms with Gasteiger partial charge >= 0.3 is 0 Å². The summed E-state index contributed by atoms with van der Waals surface area (Å²) < 4.78 is 0. The van der Waals surface area contributed by atoms with Crippen molar-refractivity contribution in [1.82, 2.24) is 0 Å². The Balaban J connectivity index is 3.78. The van der Waals surface area contributed by atoms with E-state index in [0.717, 1.165) is 11.7 Å². The Labute approximate surface area is 87.5 Å². The highest BCUT2D eigenvalue weighted by molar-refractivity contribution is 8.02. The lowest BCUT2D eigenvalue weighted by Crippen LogP contribution is -1.99. The third kappa shape index (κ3) is 8.17. The molecule has 0 heterocycles. The summed E-state index contributed by atoms with van der Waals surface area (Å²) in [6.07, 6.45) is 7.04. The molecule has 0 aromatic carbocycles. The molecule has 0 rings (SSSR count). The van der Waals surface area contributed by atoms with Crippen molar-refractivity contribution in [2.24, 2.45) is 0 Å². The molecule has 0 saturated carbocycles. The van der Waals surface area contributed by atoms with Crippen LogP contribution in [0.3, 0.4) is 0 Å². The molecular weight excluding hydrogens is 176 g/mol. The van der Waals surface area contributed by atoms with Crippen LogP contribution in [0.5, 0.6) is 0 Å². The summed E-state index contributed by atoms with van der Waals surface area (Å²) in [7, 11) is 0. The van der Waals surface area contributed by atoms with Crippen molar-refractivity contribution in [2.45, 2.75) is 51.7 Å². The lowest BCUT2D eigenvalue weighted by atomic mass is 10.1. The standard InChI is InChI=1S/C12H22S/c1-5-7-9-12(8-6-2)13-10-11(3)4/h5,10,12H,1,6-9H2,2-4H3. The van der Waals surface area contributed by atoms with E-state index >= 15 is 0 Å². The van der Waals surface area contributed by atoms with Gasteiger partial charge in [0.15, 0.2) is 0 Å². The molecule has 0 aliphatic rings. The van der Waals surface area contributed by atoms with E-state index in [0.29, 0.717) is 0 Å². The molecule has 1 heteroatoms. The first kappa shape index (κ1) is 12.8. The Morgan fingerprint density at radius 2 is 2.08 bits per heavy atom. The first-order valence-electron chi connectivity index (χ1n) is 5.10. The smallest absolute Gasteiger partial charge is 0.00912 e. The summed E-state index contributed by atoms with van der Waals surface area (Å²) in [5, 5.41) is 3.07. The number of thioether (sulfide) groups is 1. The van der Waals surface area contributed by atoms with Crippen LogP contribution in [0.25, 0.3) is 0 Å². The highest BCUT2D eigenvalue weighted by atomic mass is 32.2. The minimum atomic E-state index is 0.790. The maximum absolute atomic E-state index is 3.76. The molecule has 0 bridgehead atoms. The molecule has 0 radical (unpaired) electrons. The summed E-state index contributed by atoms with van der Waals surface area (Å²) in [5.74, 6) is 0. The zero-order valence-electron chi connectivity index (χ0n) is 9.18. The maximum Gasteiger partial charge on any atom is 0.00912 e. The van der Waals surface area contributed by atoms with Crippen LogP contribution in [0.4, 0.5) is 0 Å². The highest BCUT2D eigenvalue weighted by Gasteiger charge is 2.04. The minimum Gasteiger partial charge on any atom is -0.131 e. The summed E-state index contributed by atoms with van der Waals surface area (Å²) in [5.41, 5.74) is 1.41. The van der Waals surface area contributed by atoms with Crippen LogP contribution in [0, 0.1) is 0 Å². The van der Waals surface area contributed by atoms with Gasteiger partial charge in [0.1, 0.15) is 0 Å². The van der Waals surface area contributed by atoms with Gasteiger partial charge in [0.2, 0.25) is 0 Å². The second kappa shape index (κ2) is 8.43. The van der Waals surface area contributed by atoms with Crippen molar-refractivity contribution in [2.75, 3.05) is 0 Å². The van der Waals surface area contributed by atoms with Gasteiger partial charge in [-0.1, -0.05) is 25.0 Å². The summed E-state index contributed by atoms with van der Waals surface area (Å²) in [6, 6.07) is 0. The Kier molecular flexibility index (Phi) is 8.32. The van der Waals surface area contributed by atoms with Crippen molar-refractivity contribution >= 4 is 11.8 Å². The van der Waals surface area contributed by atoms with Gasteiger partial charge in [-0.25, -0.2) is 0 Å². The number of hydrogen-bond acceptors (Lipinski definition) is 1. The monoisotopic (exact) mass is 198 g/mol. The molecule has 0 nitrogen and oxygen atoms in total. The second-order valence-electron chi connectivity index (χ2n) is 3.61. The third-order valence-corrected chi connectivity index (χ3v) is 3.26. The Bertz CT molecular complexity index is 155. The van der Waals surface area contributed by atoms with E-state index in [1.54, 1.807) is 0 Å². The van der Waals surface area contributed by atoms with Crippen molar-refractivity contribution in [1.29, 1.82) is 0 Å². The fourth-order valence-electron chi connectivity index (χ4n) is 1.14. The molecule has 0 aromatic heterocycles. The van der Waals surface area contributed by atoms with Gasteiger partial charge in [-0.3, -0.25) is 0 Å². The molecule has 0 N–H and O–H groups in total. The Hall–Kier alpha value is -0.170. The van der Waals surface area contributed by atoms with Crippen LogP contribution in [-0.4, -0.2) is 5.25 Å². The molecule has 0 amide bonds. The van der Waals surface area contributed by atoms with Gasteiger partial charge in [0.05, 0.1) is 0 Å². The Morgan fingerprint density at radius 1 is 1.38 bits per heavy atom. The molecule has 1 atom stereocenters. The van der Waals surface area contributed by atoms with E-state index in [2.05, 4.69) is 32.8 Å². The SMILES string of the molecule is C=CCCC(CCC)SC=C(C)C. The molecule has 1 unspecified atom stereocenters. The average Bonchev–Trinajstić information content (AvgIpc) is 2.09.